The highest BCUT2D eigenvalue weighted by Gasteiger charge is 2.46. The van der Waals surface area contributed by atoms with Gasteiger partial charge < -0.3 is 0 Å². The molecule has 1 fully saturated rings. The van der Waals surface area contributed by atoms with Crippen LogP contribution in [0.15, 0.2) is 18.2 Å². The van der Waals surface area contributed by atoms with Crippen molar-refractivity contribution in [3.05, 3.63) is 34.3 Å². The molecule has 0 saturated heterocycles. The predicted octanol–water partition coefficient (Wildman–Crippen LogP) is 4.16. The molecule has 1 aliphatic carbocycles. The second-order valence-electron chi connectivity index (χ2n) is 4.81. The average Bonchev–Trinajstić information content (AvgIpc) is 2.57. The van der Waals surface area contributed by atoms with Crippen molar-refractivity contribution >= 4 is 11.6 Å². The SMILES string of the molecule is Cc1cc(Cl)cc([C@@H]2CC2(C)C)c1. The zero-order valence-electron chi connectivity index (χ0n) is 8.39. The zero-order valence-corrected chi connectivity index (χ0v) is 9.15. The molecule has 0 heterocycles. The van der Waals surface area contributed by atoms with E-state index in [1.165, 1.54) is 17.5 Å². The van der Waals surface area contributed by atoms with Crippen LogP contribution in [-0.2, 0) is 0 Å². The maximum atomic E-state index is 6.02. The van der Waals surface area contributed by atoms with Crippen molar-refractivity contribution in [2.75, 3.05) is 0 Å². The second-order valence-corrected chi connectivity index (χ2v) is 5.24. The molecule has 2 rings (SSSR count). The molecule has 0 radical (unpaired) electrons. The van der Waals surface area contributed by atoms with Crippen LogP contribution in [0.3, 0.4) is 0 Å². The van der Waals surface area contributed by atoms with Gasteiger partial charge in [-0.05, 0) is 47.9 Å². The smallest absolute Gasteiger partial charge is 0.0411 e. The minimum absolute atomic E-state index is 0.497. The van der Waals surface area contributed by atoms with Gasteiger partial charge in [0.15, 0.2) is 0 Å². The maximum absolute atomic E-state index is 6.02. The van der Waals surface area contributed by atoms with E-state index in [9.17, 15) is 0 Å². The second kappa shape index (κ2) is 2.75. The van der Waals surface area contributed by atoms with Gasteiger partial charge in [0.25, 0.3) is 0 Å². The van der Waals surface area contributed by atoms with Gasteiger partial charge in [0.1, 0.15) is 0 Å². The highest BCUT2D eigenvalue weighted by Crippen LogP contribution is 2.58. The maximum Gasteiger partial charge on any atom is 0.0411 e. The lowest BCUT2D eigenvalue weighted by Gasteiger charge is -2.05. The van der Waals surface area contributed by atoms with E-state index in [2.05, 4.69) is 32.9 Å². The van der Waals surface area contributed by atoms with Crippen LogP contribution in [-0.4, -0.2) is 0 Å². The van der Waals surface area contributed by atoms with Gasteiger partial charge in [-0.3, -0.25) is 0 Å². The summed E-state index contributed by atoms with van der Waals surface area (Å²) in [4.78, 5) is 0. The van der Waals surface area contributed by atoms with E-state index in [0.29, 0.717) is 5.41 Å². The number of rotatable bonds is 1. The molecule has 1 aromatic rings. The van der Waals surface area contributed by atoms with E-state index in [0.717, 1.165) is 10.9 Å². The van der Waals surface area contributed by atoms with Crippen molar-refractivity contribution in [2.45, 2.75) is 33.1 Å². The van der Waals surface area contributed by atoms with Gasteiger partial charge in [-0.1, -0.05) is 31.5 Å². The lowest BCUT2D eigenvalue weighted by Crippen LogP contribution is -1.90. The highest BCUT2D eigenvalue weighted by atomic mass is 35.5. The first-order chi connectivity index (χ1) is 5.99. The summed E-state index contributed by atoms with van der Waals surface area (Å²) in [6.07, 6.45) is 1.30. The van der Waals surface area contributed by atoms with Crippen molar-refractivity contribution in [1.29, 1.82) is 0 Å². The molecule has 0 amide bonds. The van der Waals surface area contributed by atoms with Crippen molar-refractivity contribution in [2.24, 2.45) is 5.41 Å². The monoisotopic (exact) mass is 194 g/mol. The van der Waals surface area contributed by atoms with Crippen LogP contribution in [0.25, 0.3) is 0 Å². The summed E-state index contributed by atoms with van der Waals surface area (Å²) in [6.45, 7) is 6.73. The third-order valence-electron chi connectivity index (χ3n) is 2.98. The van der Waals surface area contributed by atoms with Crippen molar-refractivity contribution in [3.63, 3.8) is 0 Å². The molecule has 13 heavy (non-hydrogen) atoms. The Labute approximate surface area is 84.9 Å². The van der Waals surface area contributed by atoms with Crippen molar-refractivity contribution in [1.82, 2.24) is 0 Å². The normalized spacial score (nSPS) is 24.5. The summed E-state index contributed by atoms with van der Waals surface area (Å²) in [6, 6.07) is 6.37. The molecule has 1 saturated carbocycles. The standard InChI is InChI=1S/C12H15Cl/c1-8-4-9(6-10(13)5-8)11-7-12(11,2)3/h4-6,11H,7H2,1-3H3/t11-/m0/s1. The first kappa shape index (κ1) is 9.08. The molecule has 0 N–H and O–H groups in total. The lowest BCUT2D eigenvalue weighted by atomic mass is 10.0. The highest BCUT2D eigenvalue weighted by molar-refractivity contribution is 6.30. The van der Waals surface area contributed by atoms with E-state index in [1.54, 1.807) is 0 Å². The van der Waals surface area contributed by atoms with Gasteiger partial charge in [-0.2, -0.15) is 0 Å². The largest absolute Gasteiger partial charge is 0.0843 e. The van der Waals surface area contributed by atoms with Gasteiger partial charge in [-0.15, -0.1) is 0 Å². The number of hydrogen-bond donors (Lipinski definition) is 0. The molecule has 0 aliphatic heterocycles. The summed E-state index contributed by atoms with van der Waals surface area (Å²) < 4.78 is 0. The first-order valence-corrected chi connectivity index (χ1v) is 5.14. The van der Waals surface area contributed by atoms with Crippen LogP contribution in [0.2, 0.25) is 5.02 Å². The molecule has 1 heteroatoms. The van der Waals surface area contributed by atoms with E-state index < -0.39 is 0 Å². The molecular formula is C12H15Cl. The summed E-state index contributed by atoms with van der Waals surface area (Å²) >= 11 is 6.02. The number of benzene rings is 1. The molecule has 70 valence electrons. The fraction of sp³-hybridized carbons (Fsp3) is 0.500. The third-order valence-corrected chi connectivity index (χ3v) is 3.20. The van der Waals surface area contributed by atoms with Crippen LogP contribution >= 0.6 is 11.6 Å². The minimum atomic E-state index is 0.497. The molecule has 0 unspecified atom stereocenters. The molecule has 0 nitrogen and oxygen atoms in total. The molecule has 1 aromatic carbocycles. The average molecular weight is 195 g/mol. The van der Waals surface area contributed by atoms with Crippen LogP contribution < -0.4 is 0 Å². The topological polar surface area (TPSA) is 0 Å². The van der Waals surface area contributed by atoms with Gasteiger partial charge in [0.2, 0.25) is 0 Å². The molecule has 0 bridgehead atoms. The Kier molecular flexibility index (Phi) is 1.92. The van der Waals surface area contributed by atoms with E-state index in [4.69, 9.17) is 11.6 Å². The fourth-order valence-corrected chi connectivity index (χ4v) is 2.30. The third kappa shape index (κ3) is 1.73. The van der Waals surface area contributed by atoms with E-state index in [-0.39, 0.29) is 0 Å². The van der Waals surface area contributed by atoms with E-state index in [1.807, 2.05) is 6.07 Å². The first-order valence-electron chi connectivity index (χ1n) is 4.76. The molecule has 1 aliphatic rings. The van der Waals surface area contributed by atoms with Crippen molar-refractivity contribution in [3.8, 4) is 0 Å². The Balaban J connectivity index is 2.32. The Hall–Kier alpha value is -0.490. The fourth-order valence-electron chi connectivity index (χ4n) is 2.00. The summed E-state index contributed by atoms with van der Waals surface area (Å²) in [5, 5.41) is 0.873. The van der Waals surface area contributed by atoms with Gasteiger partial charge >= 0.3 is 0 Å². The minimum Gasteiger partial charge on any atom is -0.0843 e. The van der Waals surface area contributed by atoms with E-state index >= 15 is 0 Å². The Bertz CT molecular complexity index is 319. The molecule has 0 spiro atoms. The molecule has 0 aromatic heterocycles. The van der Waals surface area contributed by atoms with Crippen molar-refractivity contribution < 1.29 is 0 Å². The number of hydrogen-bond acceptors (Lipinski definition) is 0. The van der Waals surface area contributed by atoms with Gasteiger partial charge in [0, 0.05) is 5.02 Å². The lowest BCUT2D eigenvalue weighted by molar-refractivity contribution is 0.621. The zero-order chi connectivity index (χ0) is 9.64. The summed E-state index contributed by atoms with van der Waals surface area (Å²) in [7, 11) is 0. The van der Waals surface area contributed by atoms with Crippen LogP contribution in [0.1, 0.15) is 37.3 Å². The Morgan fingerprint density at radius 2 is 1.92 bits per heavy atom. The predicted molar refractivity (Wildman–Crippen MR) is 57.3 cm³/mol. The Morgan fingerprint density at radius 1 is 1.31 bits per heavy atom. The number of halogens is 1. The molecule has 1 atom stereocenters. The molecular weight excluding hydrogens is 180 g/mol. The van der Waals surface area contributed by atoms with Crippen LogP contribution in [0.4, 0.5) is 0 Å². The van der Waals surface area contributed by atoms with Gasteiger partial charge in [-0.25, -0.2) is 0 Å². The number of aryl methyl sites for hydroxylation is 1. The van der Waals surface area contributed by atoms with Gasteiger partial charge in [0.05, 0.1) is 0 Å². The summed E-state index contributed by atoms with van der Waals surface area (Å²) in [5.41, 5.74) is 3.18. The van der Waals surface area contributed by atoms with Crippen LogP contribution in [0, 0.1) is 12.3 Å². The van der Waals surface area contributed by atoms with Crippen LogP contribution in [0.5, 0.6) is 0 Å². The Morgan fingerprint density at radius 3 is 2.38 bits per heavy atom. The summed E-state index contributed by atoms with van der Waals surface area (Å²) in [5.74, 6) is 0.727. The quantitative estimate of drug-likeness (QED) is 0.630.